The summed E-state index contributed by atoms with van der Waals surface area (Å²) in [5, 5.41) is 0. The molecular formula is C14H13N3. The second-order valence-corrected chi connectivity index (χ2v) is 4.05. The fourth-order valence-corrected chi connectivity index (χ4v) is 2.00. The Hall–Kier alpha value is -2.16. The zero-order valence-corrected chi connectivity index (χ0v) is 9.45. The Labute approximate surface area is 100 Å². The van der Waals surface area contributed by atoms with Crippen LogP contribution in [0.4, 0.5) is 0 Å². The van der Waals surface area contributed by atoms with Gasteiger partial charge in [-0.1, -0.05) is 30.3 Å². The van der Waals surface area contributed by atoms with E-state index in [2.05, 4.69) is 38.8 Å². The molecule has 1 aromatic carbocycles. The van der Waals surface area contributed by atoms with Gasteiger partial charge in [-0.05, 0) is 11.6 Å². The van der Waals surface area contributed by atoms with Crippen molar-refractivity contribution < 1.29 is 0 Å². The Kier molecular flexibility index (Phi) is 2.58. The lowest BCUT2D eigenvalue weighted by Crippen LogP contribution is -2.04. The summed E-state index contributed by atoms with van der Waals surface area (Å²) in [5.41, 5.74) is 2.47. The second-order valence-electron chi connectivity index (χ2n) is 4.05. The van der Waals surface area contributed by atoms with Gasteiger partial charge in [-0.3, -0.25) is 4.99 Å². The van der Waals surface area contributed by atoms with Crippen LogP contribution in [0.15, 0.2) is 53.8 Å². The van der Waals surface area contributed by atoms with Crippen LogP contribution in [0.25, 0.3) is 5.57 Å². The van der Waals surface area contributed by atoms with Crippen LogP contribution in [-0.4, -0.2) is 22.3 Å². The Morgan fingerprint density at radius 2 is 2.06 bits per heavy atom. The van der Waals surface area contributed by atoms with E-state index in [0.29, 0.717) is 0 Å². The van der Waals surface area contributed by atoms with Crippen LogP contribution in [0.1, 0.15) is 11.4 Å². The van der Waals surface area contributed by atoms with Gasteiger partial charge in [0.1, 0.15) is 5.82 Å². The van der Waals surface area contributed by atoms with Crippen LogP contribution in [0.3, 0.4) is 0 Å². The van der Waals surface area contributed by atoms with E-state index in [1.807, 2.05) is 30.8 Å². The normalized spacial score (nSPS) is 14.0. The zero-order chi connectivity index (χ0) is 11.5. The SMILES string of the molecule is C1=NCC(c2nccn2Cc2ccccc2)=C1. The molecule has 1 aromatic heterocycles. The van der Waals surface area contributed by atoms with E-state index in [1.54, 1.807) is 0 Å². The molecule has 3 nitrogen and oxygen atoms in total. The summed E-state index contributed by atoms with van der Waals surface area (Å²) < 4.78 is 2.16. The van der Waals surface area contributed by atoms with Crippen LogP contribution < -0.4 is 0 Å². The molecule has 2 aromatic rings. The molecule has 0 saturated carbocycles. The van der Waals surface area contributed by atoms with Gasteiger partial charge in [0.25, 0.3) is 0 Å². The predicted molar refractivity (Wildman–Crippen MR) is 69.1 cm³/mol. The molecule has 0 spiro atoms. The van der Waals surface area contributed by atoms with Crippen LogP contribution >= 0.6 is 0 Å². The van der Waals surface area contributed by atoms with E-state index in [0.717, 1.165) is 18.9 Å². The first-order valence-electron chi connectivity index (χ1n) is 5.68. The van der Waals surface area contributed by atoms with Gasteiger partial charge in [0.2, 0.25) is 0 Å². The summed E-state index contributed by atoms with van der Waals surface area (Å²) in [7, 11) is 0. The third-order valence-corrected chi connectivity index (χ3v) is 2.84. The average molecular weight is 223 g/mol. The van der Waals surface area contributed by atoms with Gasteiger partial charge >= 0.3 is 0 Å². The number of hydrogen-bond donors (Lipinski definition) is 0. The molecule has 1 aliphatic rings. The number of benzene rings is 1. The average Bonchev–Trinajstić information content (AvgIpc) is 3.00. The van der Waals surface area contributed by atoms with E-state index in [9.17, 15) is 0 Å². The van der Waals surface area contributed by atoms with Gasteiger partial charge in [0.15, 0.2) is 0 Å². The highest BCUT2D eigenvalue weighted by Crippen LogP contribution is 2.16. The topological polar surface area (TPSA) is 30.2 Å². The Morgan fingerprint density at radius 1 is 1.18 bits per heavy atom. The zero-order valence-electron chi connectivity index (χ0n) is 9.45. The lowest BCUT2D eigenvalue weighted by Gasteiger charge is -2.08. The van der Waals surface area contributed by atoms with Crippen molar-refractivity contribution in [3.63, 3.8) is 0 Å². The maximum absolute atomic E-state index is 4.41. The largest absolute Gasteiger partial charge is 0.327 e. The maximum atomic E-state index is 4.41. The third kappa shape index (κ3) is 2.04. The lowest BCUT2D eigenvalue weighted by molar-refractivity contribution is 0.780. The minimum Gasteiger partial charge on any atom is -0.327 e. The first-order valence-corrected chi connectivity index (χ1v) is 5.68. The minimum absolute atomic E-state index is 0.742. The van der Waals surface area contributed by atoms with Crippen molar-refractivity contribution in [1.29, 1.82) is 0 Å². The standard InChI is InChI=1S/C14H13N3/c1-2-4-12(5-3-1)11-17-9-8-16-14(17)13-6-7-15-10-13/h1-9H,10-11H2. The molecule has 17 heavy (non-hydrogen) atoms. The van der Waals surface area contributed by atoms with E-state index in [-0.39, 0.29) is 0 Å². The van der Waals surface area contributed by atoms with Crippen LogP contribution in [0, 0.1) is 0 Å². The number of nitrogens with zero attached hydrogens (tertiary/aromatic N) is 3. The molecule has 0 radical (unpaired) electrons. The predicted octanol–water partition coefficient (Wildman–Crippen LogP) is 2.40. The van der Waals surface area contributed by atoms with Crippen molar-refractivity contribution in [1.82, 2.24) is 9.55 Å². The summed E-state index contributed by atoms with van der Waals surface area (Å²) in [4.78, 5) is 8.61. The number of imidazole rings is 1. The molecule has 0 bridgehead atoms. The van der Waals surface area contributed by atoms with E-state index in [1.165, 1.54) is 11.1 Å². The van der Waals surface area contributed by atoms with Gasteiger partial charge in [0.05, 0.1) is 6.54 Å². The highest BCUT2D eigenvalue weighted by atomic mass is 15.1. The molecule has 0 aliphatic carbocycles. The number of rotatable bonds is 3. The summed E-state index contributed by atoms with van der Waals surface area (Å²) in [6.45, 7) is 1.60. The lowest BCUT2D eigenvalue weighted by atomic mass is 10.2. The number of aromatic nitrogens is 2. The van der Waals surface area contributed by atoms with Gasteiger partial charge in [-0.15, -0.1) is 0 Å². The molecule has 2 heterocycles. The van der Waals surface area contributed by atoms with E-state index >= 15 is 0 Å². The Morgan fingerprint density at radius 3 is 2.82 bits per heavy atom. The molecule has 1 aliphatic heterocycles. The van der Waals surface area contributed by atoms with Crippen molar-refractivity contribution in [2.75, 3.05) is 6.54 Å². The van der Waals surface area contributed by atoms with E-state index < -0.39 is 0 Å². The quantitative estimate of drug-likeness (QED) is 0.785. The molecule has 0 atom stereocenters. The van der Waals surface area contributed by atoms with Crippen LogP contribution in [0.2, 0.25) is 0 Å². The Bertz CT molecular complexity index is 564. The molecule has 0 saturated heterocycles. The highest BCUT2D eigenvalue weighted by molar-refractivity contribution is 5.88. The van der Waals surface area contributed by atoms with Crippen molar-refractivity contribution >= 4 is 11.8 Å². The molecule has 0 amide bonds. The van der Waals surface area contributed by atoms with Gasteiger partial charge in [-0.25, -0.2) is 4.98 Å². The van der Waals surface area contributed by atoms with Crippen LogP contribution in [-0.2, 0) is 6.54 Å². The first kappa shape index (κ1) is 10.0. The van der Waals surface area contributed by atoms with Gasteiger partial charge in [0, 0.05) is 30.7 Å². The van der Waals surface area contributed by atoms with Crippen molar-refractivity contribution in [2.45, 2.75) is 6.54 Å². The third-order valence-electron chi connectivity index (χ3n) is 2.84. The monoisotopic (exact) mass is 223 g/mol. The highest BCUT2D eigenvalue weighted by Gasteiger charge is 2.10. The number of hydrogen-bond acceptors (Lipinski definition) is 2. The smallest absolute Gasteiger partial charge is 0.138 e. The molecule has 3 heteroatoms. The molecule has 3 rings (SSSR count). The number of aliphatic imine (C=N–C) groups is 1. The van der Waals surface area contributed by atoms with Gasteiger partial charge < -0.3 is 4.57 Å². The minimum atomic E-state index is 0.742. The molecule has 0 unspecified atom stereocenters. The van der Waals surface area contributed by atoms with E-state index in [4.69, 9.17) is 0 Å². The summed E-state index contributed by atoms with van der Waals surface area (Å²) in [6, 6.07) is 10.4. The molecule has 0 N–H and O–H groups in total. The van der Waals surface area contributed by atoms with Crippen LogP contribution in [0.5, 0.6) is 0 Å². The first-order chi connectivity index (χ1) is 8.43. The number of allylic oxidation sites excluding steroid dienone is 1. The fraction of sp³-hybridized carbons (Fsp3) is 0.143. The summed E-state index contributed by atoms with van der Waals surface area (Å²) in [5.74, 6) is 1.02. The van der Waals surface area contributed by atoms with Gasteiger partial charge in [-0.2, -0.15) is 0 Å². The Balaban J connectivity index is 1.87. The molecular weight excluding hydrogens is 210 g/mol. The van der Waals surface area contributed by atoms with Crippen molar-refractivity contribution in [3.8, 4) is 0 Å². The molecule has 84 valence electrons. The molecule has 0 fully saturated rings. The van der Waals surface area contributed by atoms with Crippen molar-refractivity contribution in [3.05, 3.63) is 60.2 Å². The van der Waals surface area contributed by atoms with Crippen molar-refractivity contribution in [2.24, 2.45) is 4.99 Å². The fourth-order valence-electron chi connectivity index (χ4n) is 2.00. The summed E-state index contributed by atoms with van der Waals surface area (Å²) in [6.07, 6.45) is 7.74. The second kappa shape index (κ2) is 4.37. The summed E-state index contributed by atoms with van der Waals surface area (Å²) >= 11 is 0. The maximum Gasteiger partial charge on any atom is 0.138 e.